The molecular weight excluding hydrogens is 523 g/mol. The van der Waals surface area contributed by atoms with Gasteiger partial charge in [-0.1, -0.05) is 37.6 Å². The van der Waals surface area contributed by atoms with Gasteiger partial charge in [-0.25, -0.2) is 0 Å². The van der Waals surface area contributed by atoms with Gasteiger partial charge in [0.05, 0.1) is 28.7 Å². The predicted molar refractivity (Wildman–Crippen MR) is 144 cm³/mol. The average Bonchev–Trinajstić information content (AvgIpc) is 3.44. The quantitative estimate of drug-likeness (QED) is 0.375. The van der Waals surface area contributed by atoms with Gasteiger partial charge in [0.2, 0.25) is 0 Å². The Bertz CT molecular complexity index is 1360. The van der Waals surface area contributed by atoms with E-state index in [-0.39, 0.29) is 23.0 Å². The van der Waals surface area contributed by atoms with Gasteiger partial charge in [0, 0.05) is 36.6 Å². The van der Waals surface area contributed by atoms with E-state index in [1.165, 1.54) is 28.6 Å². The van der Waals surface area contributed by atoms with E-state index in [9.17, 15) is 18.0 Å². The van der Waals surface area contributed by atoms with Crippen LogP contribution >= 0.6 is 23.4 Å². The van der Waals surface area contributed by atoms with Crippen LogP contribution in [0.5, 0.6) is 0 Å². The summed E-state index contributed by atoms with van der Waals surface area (Å²) in [5, 5.41) is 5.81. The maximum atomic E-state index is 13.5. The standard InChI is InChI=1S/C24H21ClF3N5OS.C2H6/c1-31-6-8-32(9-7-31)23-30-22(34)21(35-23)11-15-2-5-20-17(10-15)13-29-33(20)14-16-3-4-18(25)12-19(16)24(26,27)28;1-2/h2-5,10-13H,6-9,14H2,1H3;1-2H3/b21-11-;. The molecule has 196 valence electrons. The summed E-state index contributed by atoms with van der Waals surface area (Å²) < 4.78 is 41.9. The molecule has 37 heavy (non-hydrogen) atoms. The molecule has 2 aliphatic heterocycles. The molecule has 1 saturated heterocycles. The highest BCUT2D eigenvalue weighted by Crippen LogP contribution is 2.35. The molecule has 1 aromatic heterocycles. The number of halogens is 4. The number of alkyl halides is 3. The number of benzene rings is 2. The summed E-state index contributed by atoms with van der Waals surface area (Å²) in [5.74, 6) is -0.262. The number of thioether (sulfide) groups is 1. The van der Waals surface area contributed by atoms with Gasteiger partial charge in [0.1, 0.15) is 0 Å². The number of hydrogen-bond acceptors (Lipinski definition) is 5. The molecule has 11 heteroatoms. The summed E-state index contributed by atoms with van der Waals surface area (Å²) in [6, 6.07) is 9.23. The van der Waals surface area contributed by atoms with E-state index in [0.717, 1.165) is 48.4 Å². The van der Waals surface area contributed by atoms with E-state index in [4.69, 9.17) is 11.6 Å². The molecular formula is C26H27ClF3N5OS. The van der Waals surface area contributed by atoms with Crippen molar-refractivity contribution in [3.05, 3.63) is 69.2 Å². The second kappa shape index (κ2) is 11.3. The Morgan fingerprint density at radius 2 is 1.81 bits per heavy atom. The van der Waals surface area contributed by atoms with Crippen molar-refractivity contribution >= 4 is 51.4 Å². The number of fused-ring (bicyclic) bond motifs is 1. The summed E-state index contributed by atoms with van der Waals surface area (Å²) in [6.45, 7) is 7.46. The van der Waals surface area contributed by atoms with Gasteiger partial charge < -0.3 is 9.80 Å². The first kappa shape index (κ1) is 27.2. The third kappa shape index (κ3) is 6.19. The van der Waals surface area contributed by atoms with Crippen molar-refractivity contribution in [2.75, 3.05) is 33.2 Å². The number of rotatable bonds is 3. The van der Waals surface area contributed by atoms with Crippen LogP contribution in [0.1, 0.15) is 30.5 Å². The number of likely N-dealkylation sites (N-methyl/N-ethyl adjacent to an activating group) is 1. The number of hydrogen-bond donors (Lipinski definition) is 0. The monoisotopic (exact) mass is 549 g/mol. The average molecular weight is 550 g/mol. The van der Waals surface area contributed by atoms with Crippen LogP contribution in [0.4, 0.5) is 13.2 Å². The first-order valence-electron chi connectivity index (χ1n) is 11.9. The Balaban J connectivity index is 0.00000156. The summed E-state index contributed by atoms with van der Waals surface area (Å²) in [7, 11) is 2.07. The van der Waals surface area contributed by atoms with Gasteiger partial charge in [-0.2, -0.15) is 23.3 Å². The van der Waals surface area contributed by atoms with Crippen LogP contribution in [0, 0.1) is 0 Å². The summed E-state index contributed by atoms with van der Waals surface area (Å²) >= 11 is 7.16. The van der Waals surface area contributed by atoms with E-state index in [2.05, 4.69) is 26.9 Å². The first-order valence-corrected chi connectivity index (χ1v) is 13.1. The lowest BCUT2D eigenvalue weighted by molar-refractivity contribution is -0.138. The molecule has 0 spiro atoms. The van der Waals surface area contributed by atoms with E-state index in [1.54, 1.807) is 18.3 Å². The van der Waals surface area contributed by atoms with Crippen LogP contribution in [-0.2, 0) is 17.5 Å². The minimum Gasteiger partial charge on any atom is -0.348 e. The Kier molecular flexibility index (Phi) is 8.30. The van der Waals surface area contributed by atoms with Crippen molar-refractivity contribution in [3.8, 4) is 0 Å². The van der Waals surface area contributed by atoms with E-state index in [1.807, 2.05) is 26.0 Å². The number of carbonyl (C=O) groups excluding carboxylic acids is 1. The van der Waals surface area contributed by atoms with Crippen molar-refractivity contribution in [2.45, 2.75) is 26.6 Å². The van der Waals surface area contributed by atoms with Crippen molar-refractivity contribution in [3.63, 3.8) is 0 Å². The zero-order valence-corrected chi connectivity index (χ0v) is 22.3. The topological polar surface area (TPSA) is 53.7 Å². The van der Waals surface area contributed by atoms with Crippen molar-refractivity contribution < 1.29 is 18.0 Å². The number of aliphatic imine (C=N–C) groups is 1. The molecule has 1 amide bonds. The number of amidine groups is 1. The minimum absolute atomic E-state index is 0.0307. The molecule has 2 aromatic carbocycles. The fourth-order valence-corrected chi connectivity index (χ4v) is 5.25. The molecule has 0 bridgehead atoms. The summed E-state index contributed by atoms with van der Waals surface area (Å²) in [5.41, 5.74) is 0.794. The molecule has 3 aromatic rings. The van der Waals surface area contributed by atoms with E-state index in [0.29, 0.717) is 10.4 Å². The maximum Gasteiger partial charge on any atom is 0.416 e. The second-order valence-corrected chi connectivity index (χ2v) is 9.97. The van der Waals surface area contributed by atoms with Crippen LogP contribution in [0.25, 0.3) is 17.0 Å². The zero-order chi connectivity index (χ0) is 26.7. The molecule has 0 atom stereocenters. The van der Waals surface area contributed by atoms with Crippen LogP contribution in [0.15, 0.2) is 52.5 Å². The molecule has 3 heterocycles. The lowest BCUT2D eigenvalue weighted by atomic mass is 10.1. The zero-order valence-electron chi connectivity index (χ0n) is 20.7. The van der Waals surface area contributed by atoms with Gasteiger partial charge in [-0.15, -0.1) is 0 Å². The number of carbonyl (C=O) groups is 1. The SMILES string of the molecule is CC.CN1CCN(C2=NC(=O)/C(=C/c3ccc4c(cnn4Cc4ccc(Cl)cc4C(F)(F)F)c3)S2)CC1. The Labute approximate surface area is 222 Å². The third-order valence-corrected chi connectivity index (χ3v) is 7.32. The van der Waals surface area contributed by atoms with Gasteiger partial charge >= 0.3 is 6.18 Å². The Morgan fingerprint density at radius 3 is 2.51 bits per heavy atom. The minimum atomic E-state index is -4.51. The van der Waals surface area contributed by atoms with Crippen molar-refractivity contribution in [1.82, 2.24) is 19.6 Å². The first-order chi connectivity index (χ1) is 17.7. The molecule has 6 nitrogen and oxygen atoms in total. The fourth-order valence-electron chi connectivity index (χ4n) is 4.12. The molecule has 5 rings (SSSR count). The van der Waals surface area contributed by atoms with Gasteiger partial charge in [0.25, 0.3) is 5.91 Å². The maximum absolute atomic E-state index is 13.5. The second-order valence-electron chi connectivity index (χ2n) is 8.52. The summed E-state index contributed by atoms with van der Waals surface area (Å²) in [6.07, 6.45) is -1.12. The normalized spacial score (nSPS) is 17.8. The smallest absolute Gasteiger partial charge is 0.348 e. The largest absolute Gasteiger partial charge is 0.416 e. The van der Waals surface area contributed by atoms with Gasteiger partial charge in [0.15, 0.2) is 5.17 Å². The highest BCUT2D eigenvalue weighted by Gasteiger charge is 2.33. The third-order valence-electron chi connectivity index (χ3n) is 6.04. The van der Waals surface area contributed by atoms with Crippen molar-refractivity contribution in [1.29, 1.82) is 0 Å². The summed E-state index contributed by atoms with van der Waals surface area (Å²) in [4.78, 5) is 21.6. The van der Waals surface area contributed by atoms with Gasteiger partial charge in [-0.3, -0.25) is 9.48 Å². The Hall–Kier alpha value is -2.82. The molecule has 0 aliphatic carbocycles. The van der Waals surface area contributed by atoms with Gasteiger partial charge in [-0.05, 0) is 60.3 Å². The number of nitrogens with zero attached hydrogens (tertiary/aromatic N) is 5. The van der Waals surface area contributed by atoms with Crippen LogP contribution in [0.2, 0.25) is 5.02 Å². The fraction of sp³-hybridized carbons (Fsp3) is 0.346. The van der Waals surface area contributed by atoms with Crippen LogP contribution in [0.3, 0.4) is 0 Å². The van der Waals surface area contributed by atoms with E-state index >= 15 is 0 Å². The molecule has 0 radical (unpaired) electrons. The predicted octanol–water partition coefficient (Wildman–Crippen LogP) is 6.00. The number of amides is 1. The molecule has 0 N–H and O–H groups in total. The van der Waals surface area contributed by atoms with Crippen molar-refractivity contribution in [2.24, 2.45) is 4.99 Å². The number of piperazine rings is 1. The molecule has 0 saturated carbocycles. The lowest BCUT2D eigenvalue weighted by Gasteiger charge is -2.32. The number of aromatic nitrogens is 2. The highest BCUT2D eigenvalue weighted by molar-refractivity contribution is 8.18. The Morgan fingerprint density at radius 1 is 1.08 bits per heavy atom. The molecule has 2 aliphatic rings. The van der Waals surface area contributed by atoms with Crippen LogP contribution in [-0.4, -0.2) is 63.9 Å². The van der Waals surface area contributed by atoms with Crippen LogP contribution < -0.4 is 0 Å². The highest BCUT2D eigenvalue weighted by atomic mass is 35.5. The lowest BCUT2D eigenvalue weighted by Crippen LogP contribution is -2.46. The van der Waals surface area contributed by atoms with E-state index < -0.39 is 11.7 Å². The molecule has 0 unspecified atom stereocenters. The molecule has 1 fully saturated rings.